The molecule has 0 fully saturated rings. The fourth-order valence-corrected chi connectivity index (χ4v) is 5.90. The van der Waals surface area contributed by atoms with Gasteiger partial charge in [-0.2, -0.15) is 10.2 Å². The van der Waals surface area contributed by atoms with Crippen LogP contribution in [0.2, 0.25) is 0 Å². The van der Waals surface area contributed by atoms with Crippen LogP contribution < -0.4 is 0 Å². The lowest BCUT2D eigenvalue weighted by atomic mass is 9.61. The van der Waals surface area contributed by atoms with Crippen LogP contribution in [0, 0.1) is 17.0 Å². The van der Waals surface area contributed by atoms with Crippen molar-refractivity contribution in [1.82, 2.24) is 29.9 Å². The van der Waals surface area contributed by atoms with Crippen LogP contribution in [0.15, 0.2) is 49.1 Å². The van der Waals surface area contributed by atoms with Crippen molar-refractivity contribution in [1.29, 1.82) is 0 Å². The SMILES string of the molecule is CC[C@H](O)Cn1cc(-c2cncc([C@@]3(CC)c4nnc(-c5c(F)cccc5F)cc4[C@H](C)C3(C)C)n2)cn1. The average molecular weight is 519 g/mol. The van der Waals surface area contributed by atoms with Gasteiger partial charge < -0.3 is 5.11 Å². The van der Waals surface area contributed by atoms with Crippen LogP contribution in [-0.2, 0) is 12.0 Å². The summed E-state index contributed by atoms with van der Waals surface area (Å²) in [6.07, 6.45) is 7.90. The van der Waals surface area contributed by atoms with Gasteiger partial charge in [0.2, 0.25) is 0 Å². The van der Waals surface area contributed by atoms with Gasteiger partial charge in [0.1, 0.15) is 11.6 Å². The lowest BCUT2D eigenvalue weighted by molar-refractivity contribution is 0.145. The topological polar surface area (TPSA) is 89.6 Å². The fraction of sp³-hybridized carbons (Fsp3) is 0.414. The van der Waals surface area contributed by atoms with E-state index in [9.17, 15) is 13.9 Å². The molecule has 1 aliphatic rings. The Kier molecular flexibility index (Phi) is 6.59. The van der Waals surface area contributed by atoms with E-state index >= 15 is 0 Å². The summed E-state index contributed by atoms with van der Waals surface area (Å²) in [4.78, 5) is 9.59. The van der Waals surface area contributed by atoms with Gasteiger partial charge in [0, 0.05) is 18.0 Å². The molecule has 0 aliphatic heterocycles. The van der Waals surface area contributed by atoms with Crippen LogP contribution in [0.3, 0.4) is 0 Å². The summed E-state index contributed by atoms with van der Waals surface area (Å²) in [5, 5.41) is 23.3. The Morgan fingerprint density at radius 1 is 1.05 bits per heavy atom. The maximum atomic E-state index is 14.6. The first-order chi connectivity index (χ1) is 18.1. The molecule has 1 N–H and O–H groups in total. The molecule has 1 aliphatic carbocycles. The lowest BCUT2D eigenvalue weighted by Crippen LogP contribution is -2.41. The highest BCUT2D eigenvalue weighted by atomic mass is 19.1. The van der Waals surface area contributed by atoms with Gasteiger partial charge in [-0.25, -0.2) is 13.8 Å². The Hall–Kier alpha value is -3.59. The largest absolute Gasteiger partial charge is 0.391 e. The third kappa shape index (κ3) is 3.91. The summed E-state index contributed by atoms with van der Waals surface area (Å²) >= 11 is 0. The molecule has 0 unspecified atom stereocenters. The van der Waals surface area contributed by atoms with Gasteiger partial charge in [-0.05, 0) is 47.9 Å². The number of hydrogen-bond donors (Lipinski definition) is 1. The van der Waals surface area contributed by atoms with E-state index in [2.05, 4.69) is 48.0 Å². The quantitative estimate of drug-likeness (QED) is 0.338. The normalized spacial score (nSPS) is 20.9. The average Bonchev–Trinajstić information content (AvgIpc) is 3.43. The number of aliphatic hydroxyl groups is 1. The highest BCUT2D eigenvalue weighted by Crippen LogP contribution is 2.62. The Morgan fingerprint density at radius 2 is 1.79 bits per heavy atom. The molecule has 0 bridgehead atoms. The maximum Gasteiger partial charge on any atom is 0.135 e. The Bertz CT molecular complexity index is 1470. The van der Waals surface area contributed by atoms with Crippen molar-refractivity contribution in [2.75, 3.05) is 0 Å². The molecule has 0 amide bonds. The molecule has 9 heteroatoms. The summed E-state index contributed by atoms with van der Waals surface area (Å²) in [6.45, 7) is 10.9. The van der Waals surface area contributed by atoms with Gasteiger partial charge in [0.05, 0.1) is 58.8 Å². The van der Waals surface area contributed by atoms with Crippen LogP contribution in [-0.4, -0.2) is 41.2 Å². The molecule has 3 aromatic heterocycles. The van der Waals surface area contributed by atoms with Gasteiger partial charge in [-0.1, -0.05) is 40.7 Å². The number of benzene rings is 1. The Morgan fingerprint density at radius 3 is 2.47 bits per heavy atom. The van der Waals surface area contributed by atoms with Gasteiger partial charge in [-0.15, -0.1) is 5.10 Å². The van der Waals surface area contributed by atoms with E-state index in [4.69, 9.17) is 4.98 Å². The Balaban J connectivity index is 1.62. The lowest BCUT2D eigenvalue weighted by Gasteiger charge is -2.42. The number of halogens is 2. The fourth-order valence-electron chi connectivity index (χ4n) is 5.90. The molecule has 7 nitrogen and oxygen atoms in total. The first-order valence-electron chi connectivity index (χ1n) is 13.0. The van der Waals surface area contributed by atoms with Crippen LogP contribution in [0.4, 0.5) is 8.78 Å². The zero-order valence-electron chi connectivity index (χ0n) is 22.3. The predicted molar refractivity (Wildman–Crippen MR) is 140 cm³/mol. The van der Waals surface area contributed by atoms with E-state index in [-0.39, 0.29) is 22.6 Å². The van der Waals surface area contributed by atoms with Crippen molar-refractivity contribution in [3.8, 4) is 22.5 Å². The number of nitrogens with zero attached hydrogens (tertiary/aromatic N) is 6. The molecule has 5 rings (SSSR count). The molecular weight excluding hydrogens is 486 g/mol. The zero-order valence-corrected chi connectivity index (χ0v) is 22.3. The van der Waals surface area contributed by atoms with Gasteiger partial charge in [0.25, 0.3) is 0 Å². The monoisotopic (exact) mass is 518 g/mol. The second-order valence-corrected chi connectivity index (χ2v) is 10.6. The van der Waals surface area contributed by atoms with Crippen LogP contribution in [0.5, 0.6) is 0 Å². The minimum atomic E-state index is -0.670. The van der Waals surface area contributed by atoms with Crippen molar-refractivity contribution in [2.24, 2.45) is 5.41 Å². The molecule has 3 heterocycles. The summed E-state index contributed by atoms with van der Waals surface area (Å²) in [5.41, 5.74) is 2.91. The molecule has 0 radical (unpaired) electrons. The smallest absolute Gasteiger partial charge is 0.135 e. The molecule has 0 spiro atoms. The van der Waals surface area contributed by atoms with Crippen molar-refractivity contribution in [2.45, 2.75) is 71.4 Å². The summed E-state index contributed by atoms with van der Waals surface area (Å²) in [7, 11) is 0. The molecule has 0 saturated heterocycles. The zero-order chi connectivity index (χ0) is 27.2. The minimum absolute atomic E-state index is 0.00488. The summed E-state index contributed by atoms with van der Waals surface area (Å²) < 4.78 is 30.8. The van der Waals surface area contributed by atoms with Crippen LogP contribution in [0.1, 0.15) is 70.3 Å². The first kappa shape index (κ1) is 26.0. The third-order valence-electron chi connectivity index (χ3n) is 8.50. The summed E-state index contributed by atoms with van der Waals surface area (Å²) in [5.74, 6) is -1.33. The van der Waals surface area contributed by atoms with E-state index in [1.54, 1.807) is 29.3 Å². The molecule has 0 saturated carbocycles. The van der Waals surface area contributed by atoms with E-state index in [1.807, 2.05) is 13.1 Å². The standard InChI is InChI=1S/C29H32F2N6O/c1-6-19(38)16-37-15-18(12-33-37)24-13-32-14-25(34-24)29(7-2)27-20(17(3)28(29,4)5)11-23(35-36-27)26-21(30)9-8-10-22(26)31/h8-15,17,19,38H,6-7,16H2,1-5H3/t17-,19-,29-/m0/s1. The highest BCUT2D eigenvalue weighted by Gasteiger charge is 2.58. The first-order valence-corrected chi connectivity index (χ1v) is 13.0. The predicted octanol–water partition coefficient (Wildman–Crippen LogP) is 5.69. The van der Waals surface area contributed by atoms with E-state index in [0.29, 0.717) is 25.1 Å². The number of aliphatic hydroxyl groups excluding tert-OH is 1. The van der Waals surface area contributed by atoms with Crippen molar-refractivity contribution in [3.05, 3.63) is 77.6 Å². The van der Waals surface area contributed by atoms with E-state index < -0.39 is 23.2 Å². The number of fused-ring (bicyclic) bond motifs is 1. The van der Waals surface area contributed by atoms with Crippen LogP contribution in [0.25, 0.3) is 22.5 Å². The molecule has 4 aromatic rings. The minimum Gasteiger partial charge on any atom is -0.391 e. The summed E-state index contributed by atoms with van der Waals surface area (Å²) in [6, 6.07) is 5.56. The van der Waals surface area contributed by atoms with Crippen molar-refractivity contribution >= 4 is 0 Å². The molecule has 198 valence electrons. The number of aromatic nitrogens is 6. The molecule has 38 heavy (non-hydrogen) atoms. The van der Waals surface area contributed by atoms with E-state index in [0.717, 1.165) is 22.5 Å². The van der Waals surface area contributed by atoms with E-state index in [1.165, 1.54) is 18.2 Å². The molecule has 3 atom stereocenters. The number of rotatable bonds is 7. The van der Waals surface area contributed by atoms with Crippen molar-refractivity contribution < 1.29 is 13.9 Å². The second kappa shape index (κ2) is 9.62. The Labute approximate surface area is 221 Å². The van der Waals surface area contributed by atoms with Gasteiger partial charge in [-0.3, -0.25) is 9.67 Å². The van der Waals surface area contributed by atoms with Crippen LogP contribution >= 0.6 is 0 Å². The van der Waals surface area contributed by atoms with Gasteiger partial charge in [0.15, 0.2) is 0 Å². The third-order valence-corrected chi connectivity index (χ3v) is 8.50. The maximum absolute atomic E-state index is 14.6. The molecular formula is C29H32F2N6O. The highest BCUT2D eigenvalue weighted by molar-refractivity contribution is 5.63. The van der Waals surface area contributed by atoms with Crippen molar-refractivity contribution in [3.63, 3.8) is 0 Å². The second-order valence-electron chi connectivity index (χ2n) is 10.6. The van der Waals surface area contributed by atoms with Gasteiger partial charge >= 0.3 is 0 Å². The number of hydrogen-bond acceptors (Lipinski definition) is 6. The molecule has 1 aromatic carbocycles.